The maximum Gasteiger partial charge on any atom is 0.277 e. The minimum absolute atomic E-state index is 0.106. The quantitative estimate of drug-likeness (QED) is 0.504. The zero-order valence-electron chi connectivity index (χ0n) is 20.7. The molecule has 0 atom stereocenters. The van der Waals surface area contributed by atoms with Gasteiger partial charge in [0.1, 0.15) is 5.82 Å². The minimum atomic E-state index is -0.649. The fraction of sp³-hybridized carbons (Fsp3) is 0.462. The number of amides is 1. The number of anilines is 1. The van der Waals surface area contributed by atoms with Crippen LogP contribution in [-0.2, 0) is 6.54 Å². The predicted molar refractivity (Wildman–Crippen MR) is 138 cm³/mol. The molecule has 1 aliphatic carbocycles. The van der Waals surface area contributed by atoms with Gasteiger partial charge in [0.2, 0.25) is 0 Å². The number of hydrogen-bond acceptors (Lipinski definition) is 4. The number of nitrogens with zero attached hydrogens (tertiary/aromatic N) is 3. The Balaban J connectivity index is 1.55. The lowest BCUT2D eigenvalue weighted by Gasteiger charge is -2.40. The Kier molecular flexibility index (Phi) is 7.52. The van der Waals surface area contributed by atoms with Crippen LogP contribution in [0.5, 0.6) is 0 Å². The van der Waals surface area contributed by atoms with E-state index in [-0.39, 0.29) is 12.1 Å². The Hall–Kier alpha value is -2.84. The zero-order chi connectivity index (χ0) is 25.3. The molecule has 1 fully saturated rings. The standard InChI is InChI=1S/C26H33ClFN5O2/c1-5-32(19-8-6-18(7-9-19)31(3)4)24-13-17(27)12-21(16(24)2)25(34)29-15-22-23(28)14-20-10-11-30-33(20)26(22)35/h10-14,18-19,30H,5-9,15H2,1-4H3,(H,29,34). The van der Waals surface area contributed by atoms with Gasteiger partial charge < -0.3 is 15.1 Å². The summed E-state index contributed by atoms with van der Waals surface area (Å²) in [6.45, 7) is 4.61. The first-order chi connectivity index (χ1) is 16.7. The molecule has 0 unspecified atom stereocenters. The molecule has 2 aromatic heterocycles. The van der Waals surface area contributed by atoms with E-state index in [1.807, 2.05) is 13.0 Å². The van der Waals surface area contributed by atoms with Crippen LogP contribution in [0.2, 0.25) is 5.02 Å². The first kappa shape index (κ1) is 25.3. The number of halogens is 2. The topological polar surface area (TPSA) is 72.9 Å². The summed E-state index contributed by atoms with van der Waals surface area (Å²) in [6.07, 6.45) is 5.98. The Labute approximate surface area is 209 Å². The lowest BCUT2D eigenvalue weighted by atomic mass is 9.89. The van der Waals surface area contributed by atoms with Gasteiger partial charge in [0.15, 0.2) is 0 Å². The van der Waals surface area contributed by atoms with Gasteiger partial charge in [0.25, 0.3) is 11.5 Å². The highest BCUT2D eigenvalue weighted by Gasteiger charge is 2.28. The van der Waals surface area contributed by atoms with Crippen LogP contribution in [0.15, 0.2) is 35.3 Å². The summed E-state index contributed by atoms with van der Waals surface area (Å²) in [6, 6.07) is 7.40. The van der Waals surface area contributed by atoms with E-state index in [1.165, 1.54) is 10.6 Å². The molecule has 0 spiro atoms. The molecular weight excluding hydrogens is 469 g/mol. The number of aromatic nitrogens is 2. The van der Waals surface area contributed by atoms with Gasteiger partial charge in [-0.05, 0) is 77.4 Å². The summed E-state index contributed by atoms with van der Waals surface area (Å²) in [5.74, 6) is -1.04. The van der Waals surface area contributed by atoms with Crippen molar-refractivity contribution in [3.63, 3.8) is 0 Å². The van der Waals surface area contributed by atoms with E-state index < -0.39 is 17.3 Å². The molecule has 1 aliphatic rings. The Bertz CT molecular complexity index is 1280. The number of pyridine rings is 1. The van der Waals surface area contributed by atoms with Crippen molar-refractivity contribution in [1.82, 2.24) is 19.8 Å². The van der Waals surface area contributed by atoms with E-state index in [0.29, 0.717) is 28.2 Å². The summed E-state index contributed by atoms with van der Waals surface area (Å²) in [5, 5.41) is 5.94. The van der Waals surface area contributed by atoms with Crippen LogP contribution in [0.3, 0.4) is 0 Å². The molecule has 0 bridgehead atoms. The molecule has 0 aliphatic heterocycles. The lowest BCUT2D eigenvalue weighted by Crippen LogP contribution is -2.42. The maximum absolute atomic E-state index is 14.5. The number of carbonyl (C=O) groups is 1. The maximum atomic E-state index is 14.5. The van der Waals surface area contributed by atoms with E-state index in [0.717, 1.165) is 43.5 Å². The molecule has 1 amide bonds. The number of fused-ring (bicyclic) bond motifs is 1. The Morgan fingerprint density at radius 3 is 2.54 bits per heavy atom. The van der Waals surface area contributed by atoms with Gasteiger partial charge in [-0.2, -0.15) is 0 Å². The van der Waals surface area contributed by atoms with Crippen molar-refractivity contribution in [2.75, 3.05) is 25.5 Å². The number of H-pyrrole nitrogens is 1. The van der Waals surface area contributed by atoms with Crippen molar-refractivity contribution in [2.24, 2.45) is 0 Å². The summed E-state index contributed by atoms with van der Waals surface area (Å²) in [5.41, 5.74) is 1.98. The average molecular weight is 502 g/mol. The van der Waals surface area contributed by atoms with Crippen molar-refractivity contribution in [1.29, 1.82) is 0 Å². The summed E-state index contributed by atoms with van der Waals surface area (Å²) in [7, 11) is 4.26. The van der Waals surface area contributed by atoms with Gasteiger partial charge in [-0.25, -0.2) is 8.91 Å². The number of hydrogen-bond donors (Lipinski definition) is 2. The van der Waals surface area contributed by atoms with Gasteiger partial charge in [-0.1, -0.05) is 11.6 Å². The molecule has 9 heteroatoms. The highest BCUT2D eigenvalue weighted by molar-refractivity contribution is 6.31. The first-order valence-corrected chi connectivity index (χ1v) is 12.5. The van der Waals surface area contributed by atoms with E-state index >= 15 is 0 Å². The molecule has 2 heterocycles. The summed E-state index contributed by atoms with van der Waals surface area (Å²) >= 11 is 6.46. The van der Waals surface area contributed by atoms with Gasteiger partial charge in [0.05, 0.1) is 17.6 Å². The first-order valence-electron chi connectivity index (χ1n) is 12.1. The van der Waals surface area contributed by atoms with Gasteiger partial charge in [0, 0.05) is 47.2 Å². The van der Waals surface area contributed by atoms with Crippen LogP contribution in [0.4, 0.5) is 10.1 Å². The molecule has 7 nitrogen and oxygen atoms in total. The number of rotatable bonds is 7. The number of carbonyl (C=O) groups excluding carboxylic acids is 1. The largest absolute Gasteiger partial charge is 0.369 e. The highest BCUT2D eigenvalue weighted by Crippen LogP contribution is 2.34. The second-order valence-corrected chi connectivity index (χ2v) is 9.93. The Morgan fingerprint density at radius 1 is 1.20 bits per heavy atom. The van der Waals surface area contributed by atoms with Crippen LogP contribution >= 0.6 is 11.6 Å². The van der Waals surface area contributed by atoms with Crippen LogP contribution in [-0.4, -0.2) is 53.1 Å². The third-order valence-corrected chi connectivity index (χ3v) is 7.46. The van der Waals surface area contributed by atoms with Gasteiger partial charge in [-0.15, -0.1) is 0 Å². The molecule has 3 aromatic rings. The zero-order valence-corrected chi connectivity index (χ0v) is 21.5. The van der Waals surface area contributed by atoms with Crippen LogP contribution in [0.25, 0.3) is 5.52 Å². The molecule has 35 heavy (non-hydrogen) atoms. The average Bonchev–Trinajstić information content (AvgIpc) is 3.30. The number of nitrogens with one attached hydrogen (secondary N) is 2. The van der Waals surface area contributed by atoms with E-state index in [4.69, 9.17) is 11.6 Å². The highest BCUT2D eigenvalue weighted by atomic mass is 35.5. The molecular formula is C26H33ClFN5O2. The summed E-state index contributed by atoms with van der Waals surface area (Å²) in [4.78, 5) is 30.4. The fourth-order valence-corrected chi connectivity index (χ4v) is 5.44. The van der Waals surface area contributed by atoms with Gasteiger partial charge in [-0.3, -0.25) is 14.7 Å². The SMILES string of the molecule is CCN(c1cc(Cl)cc(C(=O)NCc2c(F)cc3cc[nH]n3c2=O)c1C)C1CCC(N(C)C)CC1. The van der Waals surface area contributed by atoms with Crippen molar-refractivity contribution in [3.8, 4) is 0 Å². The molecule has 1 saturated carbocycles. The second kappa shape index (κ2) is 10.4. The molecule has 1 aromatic carbocycles. The van der Waals surface area contributed by atoms with E-state index in [2.05, 4.69) is 41.2 Å². The van der Waals surface area contributed by atoms with E-state index in [1.54, 1.807) is 18.3 Å². The second-order valence-electron chi connectivity index (χ2n) is 9.49. The van der Waals surface area contributed by atoms with Gasteiger partial charge >= 0.3 is 0 Å². The normalized spacial score (nSPS) is 18.3. The van der Waals surface area contributed by atoms with Crippen LogP contribution < -0.4 is 15.8 Å². The minimum Gasteiger partial charge on any atom is -0.369 e. The third-order valence-electron chi connectivity index (χ3n) is 7.24. The number of benzene rings is 1. The van der Waals surface area contributed by atoms with Crippen LogP contribution in [0.1, 0.15) is 54.1 Å². The predicted octanol–water partition coefficient (Wildman–Crippen LogP) is 4.36. The smallest absolute Gasteiger partial charge is 0.277 e. The molecule has 188 valence electrons. The molecule has 0 radical (unpaired) electrons. The monoisotopic (exact) mass is 501 g/mol. The van der Waals surface area contributed by atoms with Crippen molar-refractivity contribution in [2.45, 2.75) is 58.2 Å². The van der Waals surface area contributed by atoms with E-state index in [9.17, 15) is 14.0 Å². The van der Waals surface area contributed by atoms with Crippen LogP contribution in [0, 0.1) is 12.7 Å². The summed E-state index contributed by atoms with van der Waals surface area (Å²) < 4.78 is 15.8. The van der Waals surface area contributed by atoms with Crippen molar-refractivity contribution >= 4 is 28.7 Å². The number of aromatic amines is 1. The fourth-order valence-electron chi connectivity index (χ4n) is 5.22. The van der Waals surface area contributed by atoms with Crippen molar-refractivity contribution < 1.29 is 9.18 Å². The molecule has 0 saturated heterocycles. The Morgan fingerprint density at radius 2 is 1.89 bits per heavy atom. The third kappa shape index (κ3) is 5.09. The lowest BCUT2D eigenvalue weighted by molar-refractivity contribution is 0.0950. The molecule has 4 rings (SSSR count). The molecule has 2 N–H and O–H groups in total. The van der Waals surface area contributed by atoms with Crippen molar-refractivity contribution in [3.05, 3.63) is 68.3 Å².